The van der Waals surface area contributed by atoms with Crippen molar-refractivity contribution in [2.75, 3.05) is 20.1 Å². The molecule has 0 amide bonds. The van der Waals surface area contributed by atoms with Crippen molar-refractivity contribution >= 4 is 27.6 Å². The number of nitrogens with zero attached hydrogens (tertiary/aromatic N) is 1. The van der Waals surface area contributed by atoms with Crippen molar-refractivity contribution in [1.29, 1.82) is 0 Å². The molecule has 0 saturated carbocycles. The maximum atomic E-state index is 14.0. The first kappa shape index (κ1) is 32.7. The van der Waals surface area contributed by atoms with E-state index in [0.29, 0.717) is 16.7 Å². The van der Waals surface area contributed by atoms with Crippen LogP contribution in [0.4, 0.5) is 4.39 Å². The van der Waals surface area contributed by atoms with Gasteiger partial charge in [0.25, 0.3) is 0 Å². The number of aliphatic carboxylic acids is 1. The van der Waals surface area contributed by atoms with Gasteiger partial charge in [-0.15, -0.1) is 0 Å². The average molecular weight is 605 g/mol. The SMILES string of the molecule is CN(CC(O)CNC(C)(C)CCCc1ccccc1)S(=O)(=O)c1ccc(-c2cc(F)ccc2CCC(=O)O)c(Cl)c1. The van der Waals surface area contributed by atoms with Crippen LogP contribution < -0.4 is 5.32 Å². The molecule has 0 bridgehead atoms. The lowest BCUT2D eigenvalue weighted by molar-refractivity contribution is -0.136. The second-order valence-corrected chi connectivity index (χ2v) is 13.3. The van der Waals surface area contributed by atoms with E-state index in [0.717, 1.165) is 23.6 Å². The number of carboxylic acids is 1. The molecule has 0 aliphatic heterocycles. The number of aliphatic hydroxyl groups is 1. The third kappa shape index (κ3) is 9.61. The Morgan fingerprint density at radius 1 is 1.05 bits per heavy atom. The zero-order chi connectivity index (χ0) is 30.2. The lowest BCUT2D eigenvalue weighted by Gasteiger charge is -2.29. The minimum atomic E-state index is -3.98. The Morgan fingerprint density at radius 2 is 1.76 bits per heavy atom. The Balaban J connectivity index is 1.62. The molecule has 0 aromatic heterocycles. The Kier molecular flexibility index (Phi) is 11.5. The second-order valence-electron chi connectivity index (χ2n) is 10.9. The monoisotopic (exact) mass is 604 g/mol. The van der Waals surface area contributed by atoms with E-state index in [2.05, 4.69) is 31.3 Å². The van der Waals surface area contributed by atoms with Gasteiger partial charge in [-0.25, -0.2) is 12.8 Å². The Labute approximate surface area is 247 Å². The van der Waals surface area contributed by atoms with E-state index in [1.54, 1.807) is 0 Å². The molecule has 1 unspecified atom stereocenters. The van der Waals surface area contributed by atoms with Crippen LogP contribution in [0.2, 0.25) is 5.02 Å². The molecule has 3 aromatic carbocycles. The molecule has 7 nitrogen and oxygen atoms in total. The number of likely N-dealkylation sites (N-methyl/N-ethyl adjacent to an activating group) is 1. The van der Waals surface area contributed by atoms with Gasteiger partial charge in [-0.05, 0) is 80.5 Å². The number of benzene rings is 3. The van der Waals surface area contributed by atoms with Crippen molar-refractivity contribution in [3.63, 3.8) is 0 Å². The van der Waals surface area contributed by atoms with Crippen LogP contribution in [0.3, 0.4) is 0 Å². The molecule has 0 aliphatic carbocycles. The highest BCUT2D eigenvalue weighted by molar-refractivity contribution is 7.89. The lowest BCUT2D eigenvalue weighted by atomic mass is 9.95. The topological polar surface area (TPSA) is 107 Å². The van der Waals surface area contributed by atoms with Gasteiger partial charge in [0.05, 0.1) is 11.0 Å². The van der Waals surface area contributed by atoms with Crippen molar-refractivity contribution in [1.82, 2.24) is 9.62 Å². The highest BCUT2D eigenvalue weighted by Crippen LogP contribution is 2.34. The zero-order valence-electron chi connectivity index (χ0n) is 23.6. The predicted molar refractivity (Wildman–Crippen MR) is 160 cm³/mol. The highest BCUT2D eigenvalue weighted by atomic mass is 35.5. The fourth-order valence-corrected chi connectivity index (χ4v) is 6.22. The molecule has 0 heterocycles. The molecule has 0 saturated heterocycles. The summed E-state index contributed by atoms with van der Waals surface area (Å²) in [6.45, 7) is 4.20. The number of aliphatic hydroxyl groups excluding tert-OH is 1. The quantitative estimate of drug-likeness (QED) is 0.210. The van der Waals surface area contributed by atoms with E-state index in [1.165, 1.54) is 49.0 Å². The van der Waals surface area contributed by atoms with Crippen LogP contribution in [0.25, 0.3) is 11.1 Å². The summed E-state index contributed by atoms with van der Waals surface area (Å²) in [6.07, 6.45) is 1.90. The molecule has 3 aromatic rings. The molecule has 41 heavy (non-hydrogen) atoms. The number of hydrogen-bond acceptors (Lipinski definition) is 5. The molecule has 1 atom stereocenters. The summed E-state index contributed by atoms with van der Waals surface area (Å²) < 4.78 is 41.6. The summed E-state index contributed by atoms with van der Waals surface area (Å²) in [5.41, 5.74) is 2.42. The summed E-state index contributed by atoms with van der Waals surface area (Å²) in [6, 6.07) is 18.4. The minimum Gasteiger partial charge on any atom is -0.481 e. The standard InChI is InChI=1S/C31H38ClFN2O5S/c1-31(2,17-7-10-22-8-5-4-6-9-22)34-20-25(36)21-35(3)41(39,40)26-14-15-27(29(32)19-26)28-18-24(33)13-11-23(28)12-16-30(37)38/h4-6,8-9,11,13-15,18-19,25,34,36H,7,10,12,16-17,20-21H2,1-3H3,(H,37,38). The predicted octanol–water partition coefficient (Wildman–Crippen LogP) is 5.54. The van der Waals surface area contributed by atoms with Crippen LogP contribution in [0.5, 0.6) is 0 Å². The Hall–Kier alpha value is -2.82. The van der Waals surface area contributed by atoms with Gasteiger partial charge in [-0.1, -0.05) is 54.1 Å². The first-order chi connectivity index (χ1) is 19.3. The number of aryl methyl sites for hydroxylation is 2. The fourth-order valence-electron chi connectivity index (χ4n) is 4.63. The largest absolute Gasteiger partial charge is 0.481 e. The van der Waals surface area contributed by atoms with E-state index in [9.17, 15) is 22.7 Å². The number of carbonyl (C=O) groups is 1. The number of hydrogen-bond donors (Lipinski definition) is 3. The van der Waals surface area contributed by atoms with Crippen LogP contribution in [0, 0.1) is 5.82 Å². The molecule has 222 valence electrons. The maximum Gasteiger partial charge on any atom is 0.303 e. The number of halogens is 2. The van der Waals surface area contributed by atoms with Crippen LogP contribution in [0.15, 0.2) is 71.6 Å². The van der Waals surface area contributed by atoms with Crippen molar-refractivity contribution in [3.05, 3.63) is 88.7 Å². The van der Waals surface area contributed by atoms with E-state index in [4.69, 9.17) is 16.7 Å². The first-order valence-corrected chi connectivity index (χ1v) is 15.3. The van der Waals surface area contributed by atoms with E-state index in [1.807, 2.05) is 18.2 Å². The number of rotatable bonds is 15. The summed E-state index contributed by atoms with van der Waals surface area (Å²) in [5.74, 6) is -1.51. The summed E-state index contributed by atoms with van der Waals surface area (Å²) in [7, 11) is -2.59. The smallest absolute Gasteiger partial charge is 0.303 e. The number of β-amino-alcohol motifs (C(OH)–C–C–N with tert-alkyl or cyclic N) is 1. The van der Waals surface area contributed by atoms with E-state index < -0.39 is 27.9 Å². The number of sulfonamides is 1. The van der Waals surface area contributed by atoms with Crippen molar-refractivity contribution in [2.24, 2.45) is 0 Å². The third-order valence-corrected chi connectivity index (χ3v) is 9.15. The van der Waals surface area contributed by atoms with Gasteiger partial charge < -0.3 is 15.5 Å². The highest BCUT2D eigenvalue weighted by Gasteiger charge is 2.26. The molecular weight excluding hydrogens is 567 g/mol. The molecule has 3 rings (SSSR count). The first-order valence-electron chi connectivity index (χ1n) is 13.5. The van der Waals surface area contributed by atoms with Crippen molar-refractivity contribution in [2.45, 2.75) is 62.5 Å². The molecule has 3 N–H and O–H groups in total. The minimum absolute atomic E-state index is 0.0707. The average Bonchev–Trinajstić information content (AvgIpc) is 2.91. The molecule has 10 heteroatoms. The number of carboxylic acid groups (broad SMARTS) is 1. The second kappa shape index (κ2) is 14.4. The summed E-state index contributed by atoms with van der Waals surface area (Å²) in [4.78, 5) is 11.0. The normalized spacial score (nSPS) is 13.0. The van der Waals surface area contributed by atoms with Gasteiger partial charge >= 0.3 is 5.97 Å². The van der Waals surface area contributed by atoms with Crippen LogP contribution in [-0.2, 0) is 27.7 Å². The summed E-state index contributed by atoms with van der Waals surface area (Å²) >= 11 is 6.47. The maximum absolute atomic E-state index is 14.0. The molecule has 0 spiro atoms. The Bertz CT molecular complexity index is 1430. The van der Waals surface area contributed by atoms with Gasteiger partial charge in [0, 0.05) is 42.7 Å². The van der Waals surface area contributed by atoms with E-state index >= 15 is 0 Å². The third-order valence-electron chi connectivity index (χ3n) is 7.01. The lowest BCUT2D eigenvalue weighted by Crippen LogP contribution is -2.46. The molecule has 0 radical (unpaired) electrons. The molecular formula is C31H38ClFN2O5S. The van der Waals surface area contributed by atoms with Crippen molar-refractivity contribution in [3.8, 4) is 11.1 Å². The van der Waals surface area contributed by atoms with E-state index in [-0.39, 0.29) is 41.4 Å². The molecule has 0 fully saturated rings. The van der Waals surface area contributed by atoms with Gasteiger partial charge in [0.1, 0.15) is 5.82 Å². The van der Waals surface area contributed by atoms with Crippen LogP contribution >= 0.6 is 11.6 Å². The van der Waals surface area contributed by atoms with Gasteiger partial charge in [-0.3, -0.25) is 4.79 Å². The van der Waals surface area contributed by atoms with Crippen molar-refractivity contribution < 1.29 is 27.8 Å². The zero-order valence-corrected chi connectivity index (χ0v) is 25.2. The van der Waals surface area contributed by atoms with Gasteiger partial charge in [0.15, 0.2) is 0 Å². The fraction of sp³-hybridized carbons (Fsp3) is 0.387. The van der Waals surface area contributed by atoms with Crippen LogP contribution in [-0.4, -0.2) is 60.7 Å². The number of nitrogens with one attached hydrogen (secondary N) is 1. The van der Waals surface area contributed by atoms with Crippen LogP contribution in [0.1, 0.15) is 44.2 Å². The van der Waals surface area contributed by atoms with Gasteiger partial charge in [-0.2, -0.15) is 4.31 Å². The van der Waals surface area contributed by atoms with Gasteiger partial charge in [0.2, 0.25) is 10.0 Å². The molecule has 0 aliphatic rings. The summed E-state index contributed by atoms with van der Waals surface area (Å²) in [5, 5.41) is 23.1. The Morgan fingerprint density at radius 3 is 2.41 bits per heavy atom.